The number of nitrogens with one attached hydrogen (secondary N) is 1. The van der Waals surface area contributed by atoms with Gasteiger partial charge in [0.05, 0.1) is 27.9 Å². The van der Waals surface area contributed by atoms with Crippen LogP contribution in [-0.2, 0) is 11.2 Å². The van der Waals surface area contributed by atoms with Crippen molar-refractivity contribution in [3.8, 4) is 28.6 Å². The number of nitrogens with zero attached hydrogens (tertiary/aromatic N) is 2. The molecule has 0 spiro atoms. The molecule has 0 saturated heterocycles. The SMILES string of the molecule is CCOC(=O)c1cnc(-c2ccc(OC)c(OC)c2)nc1NCCc1cccc(OC)c1. The summed E-state index contributed by atoms with van der Waals surface area (Å²) in [6, 6.07) is 13.2. The maximum absolute atomic E-state index is 12.4. The van der Waals surface area contributed by atoms with Crippen molar-refractivity contribution in [2.45, 2.75) is 13.3 Å². The number of hydrogen-bond donors (Lipinski definition) is 1. The van der Waals surface area contributed by atoms with Gasteiger partial charge in [0.1, 0.15) is 17.1 Å². The van der Waals surface area contributed by atoms with E-state index in [0.29, 0.717) is 29.7 Å². The molecule has 0 aliphatic heterocycles. The van der Waals surface area contributed by atoms with E-state index in [2.05, 4.69) is 15.3 Å². The van der Waals surface area contributed by atoms with Gasteiger partial charge >= 0.3 is 5.97 Å². The number of methoxy groups -OCH3 is 3. The third-order valence-corrected chi connectivity index (χ3v) is 4.77. The highest BCUT2D eigenvalue weighted by Crippen LogP contribution is 2.31. The third-order valence-electron chi connectivity index (χ3n) is 4.77. The summed E-state index contributed by atoms with van der Waals surface area (Å²) in [6.07, 6.45) is 2.19. The van der Waals surface area contributed by atoms with E-state index >= 15 is 0 Å². The highest BCUT2D eigenvalue weighted by molar-refractivity contribution is 5.94. The molecule has 0 atom stereocenters. The molecule has 32 heavy (non-hydrogen) atoms. The molecule has 0 unspecified atom stereocenters. The van der Waals surface area contributed by atoms with Crippen molar-refractivity contribution in [3.05, 3.63) is 59.8 Å². The summed E-state index contributed by atoms with van der Waals surface area (Å²) in [5.74, 6) is 2.35. The van der Waals surface area contributed by atoms with Gasteiger partial charge in [0, 0.05) is 18.3 Å². The van der Waals surface area contributed by atoms with Crippen LogP contribution >= 0.6 is 0 Å². The van der Waals surface area contributed by atoms with Gasteiger partial charge in [-0.25, -0.2) is 14.8 Å². The van der Waals surface area contributed by atoms with Crippen LogP contribution < -0.4 is 19.5 Å². The molecule has 0 amide bonds. The van der Waals surface area contributed by atoms with Crippen molar-refractivity contribution in [2.24, 2.45) is 0 Å². The molecule has 1 N–H and O–H groups in total. The average Bonchev–Trinajstić information content (AvgIpc) is 2.83. The predicted octanol–water partition coefficient (Wildman–Crippen LogP) is 4.00. The molecule has 8 nitrogen and oxygen atoms in total. The predicted molar refractivity (Wildman–Crippen MR) is 122 cm³/mol. The fraction of sp³-hybridized carbons (Fsp3) is 0.292. The van der Waals surface area contributed by atoms with E-state index < -0.39 is 5.97 Å². The number of carbonyl (C=O) groups excluding carboxylic acids is 1. The molecular formula is C24H27N3O5. The summed E-state index contributed by atoms with van der Waals surface area (Å²) in [6.45, 7) is 2.58. The largest absolute Gasteiger partial charge is 0.497 e. The molecule has 0 aliphatic carbocycles. The summed E-state index contributed by atoms with van der Waals surface area (Å²) in [4.78, 5) is 21.4. The Bertz CT molecular complexity index is 1070. The first-order valence-electron chi connectivity index (χ1n) is 10.2. The third kappa shape index (κ3) is 5.46. The van der Waals surface area contributed by atoms with Crippen molar-refractivity contribution in [2.75, 3.05) is 39.8 Å². The lowest BCUT2D eigenvalue weighted by Crippen LogP contribution is -2.14. The lowest BCUT2D eigenvalue weighted by atomic mass is 10.1. The Morgan fingerprint density at radius 1 is 1.00 bits per heavy atom. The van der Waals surface area contributed by atoms with Crippen LogP contribution in [0.5, 0.6) is 17.2 Å². The summed E-state index contributed by atoms with van der Waals surface area (Å²) < 4.78 is 21.1. The molecule has 0 fully saturated rings. The normalized spacial score (nSPS) is 10.4. The molecule has 2 aromatic carbocycles. The van der Waals surface area contributed by atoms with Crippen LogP contribution in [0.3, 0.4) is 0 Å². The Hall–Kier alpha value is -3.81. The van der Waals surface area contributed by atoms with E-state index in [1.54, 1.807) is 40.4 Å². The molecule has 3 rings (SSSR count). The minimum Gasteiger partial charge on any atom is -0.497 e. The second-order valence-electron chi connectivity index (χ2n) is 6.77. The highest BCUT2D eigenvalue weighted by atomic mass is 16.5. The van der Waals surface area contributed by atoms with E-state index in [9.17, 15) is 4.79 Å². The van der Waals surface area contributed by atoms with E-state index in [4.69, 9.17) is 18.9 Å². The van der Waals surface area contributed by atoms with Crippen molar-refractivity contribution < 1.29 is 23.7 Å². The van der Waals surface area contributed by atoms with Crippen LogP contribution in [-0.4, -0.2) is 50.4 Å². The van der Waals surface area contributed by atoms with Gasteiger partial charge in [-0.1, -0.05) is 12.1 Å². The van der Waals surface area contributed by atoms with Crippen LogP contribution in [0.4, 0.5) is 5.82 Å². The zero-order valence-electron chi connectivity index (χ0n) is 18.7. The Labute approximate surface area is 187 Å². The fourth-order valence-corrected chi connectivity index (χ4v) is 3.14. The standard InChI is InChI=1S/C24H27N3O5/c1-5-32-24(28)19-15-26-22(17-9-10-20(30-3)21(14-17)31-4)27-23(19)25-12-11-16-7-6-8-18(13-16)29-2/h6-10,13-15H,5,11-12H2,1-4H3,(H,25,26,27). The van der Waals surface area contributed by atoms with Crippen LogP contribution in [0, 0.1) is 0 Å². The molecule has 0 bridgehead atoms. The summed E-state index contributed by atoms with van der Waals surface area (Å²) in [5.41, 5.74) is 2.11. The molecule has 0 aliphatic rings. The van der Waals surface area contributed by atoms with Gasteiger partial charge in [0.15, 0.2) is 17.3 Å². The number of ether oxygens (including phenoxy) is 4. The lowest BCUT2D eigenvalue weighted by molar-refractivity contribution is 0.0526. The second kappa shape index (κ2) is 11.0. The highest BCUT2D eigenvalue weighted by Gasteiger charge is 2.17. The van der Waals surface area contributed by atoms with Crippen molar-refractivity contribution in [1.29, 1.82) is 0 Å². The monoisotopic (exact) mass is 437 g/mol. The van der Waals surface area contributed by atoms with Crippen molar-refractivity contribution in [3.63, 3.8) is 0 Å². The fourth-order valence-electron chi connectivity index (χ4n) is 3.14. The van der Waals surface area contributed by atoms with Gasteiger partial charge < -0.3 is 24.3 Å². The number of esters is 1. The van der Waals surface area contributed by atoms with Gasteiger partial charge in [-0.2, -0.15) is 0 Å². The number of benzene rings is 2. The first-order valence-corrected chi connectivity index (χ1v) is 10.2. The van der Waals surface area contributed by atoms with E-state index in [0.717, 1.165) is 23.3 Å². The lowest BCUT2D eigenvalue weighted by Gasteiger charge is -2.13. The van der Waals surface area contributed by atoms with Crippen LogP contribution in [0.1, 0.15) is 22.8 Å². The Morgan fingerprint density at radius 2 is 1.81 bits per heavy atom. The van der Waals surface area contributed by atoms with Crippen LogP contribution in [0.2, 0.25) is 0 Å². The summed E-state index contributed by atoms with van der Waals surface area (Å²) in [5, 5.41) is 3.25. The first-order chi connectivity index (χ1) is 15.6. The smallest absolute Gasteiger partial charge is 0.343 e. The van der Waals surface area contributed by atoms with Crippen molar-refractivity contribution >= 4 is 11.8 Å². The topological polar surface area (TPSA) is 91.8 Å². The number of anilines is 1. The molecule has 1 heterocycles. The molecule has 8 heteroatoms. The molecule has 168 valence electrons. The van der Waals surface area contributed by atoms with Crippen LogP contribution in [0.25, 0.3) is 11.4 Å². The minimum atomic E-state index is -0.477. The maximum atomic E-state index is 12.4. The average molecular weight is 437 g/mol. The van der Waals surface area contributed by atoms with Gasteiger partial charge in [-0.05, 0) is 49.2 Å². The summed E-state index contributed by atoms with van der Waals surface area (Å²) in [7, 11) is 4.78. The van der Waals surface area contributed by atoms with E-state index in [1.807, 2.05) is 30.3 Å². The zero-order chi connectivity index (χ0) is 22.9. The first kappa shape index (κ1) is 22.9. The molecule has 1 aromatic heterocycles. The number of carbonyl (C=O) groups is 1. The molecule has 3 aromatic rings. The van der Waals surface area contributed by atoms with Gasteiger partial charge in [-0.3, -0.25) is 0 Å². The Kier molecular flexibility index (Phi) is 7.85. The van der Waals surface area contributed by atoms with Gasteiger partial charge in [0.25, 0.3) is 0 Å². The number of hydrogen-bond acceptors (Lipinski definition) is 8. The van der Waals surface area contributed by atoms with E-state index in [1.165, 1.54) is 6.20 Å². The maximum Gasteiger partial charge on any atom is 0.343 e. The molecule has 0 radical (unpaired) electrons. The molecule has 0 saturated carbocycles. The quantitative estimate of drug-likeness (QED) is 0.476. The summed E-state index contributed by atoms with van der Waals surface area (Å²) >= 11 is 0. The van der Waals surface area contributed by atoms with Crippen LogP contribution in [0.15, 0.2) is 48.7 Å². The zero-order valence-corrected chi connectivity index (χ0v) is 18.7. The van der Waals surface area contributed by atoms with Gasteiger partial charge in [-0.15, -0.1) is 0 Å². The van der Waals surface area contributed by atoms with E-state index in [-0.39, 0.29) is 12.2 Å². The van der Waals surface area contributed by atoms with Crippen molar-refractivity contribution in [1.82, 2.24) is 9.97 Å². The molecular weight excluding hydrogens is 410 g/mol. The Morgan fingerprint density at radius 3 is 2.53 bits per heavy atom. The Balaban J connectivity index is 1.87. The van der Waals surface area contributed by atoms with Gasteiger partial charge in [0.2, 0.25) is 0 Å². The second-order valence-corrected chi connectivity index (χ2v) is 6.77. The minimum absolute atomic E-state index is 0.263. The number of rotatable bonds is 10. The number of aromatic nitrogens is 2.